The molecule has 10 atom stereocenters. The lowest BCUT2D eigenvalue weighted by atomic mass is 9.96. The molecule has 19 nitrogen and oxygen atoms in total. The van der Waals surface area contributed by atoms with Crippen LogP contribution in [0, 0.1) is 0 Å². The molecule has 0 aromatic heterocycles. The van der Waals surface area contributed by atoms with E-state index in [4.69, 9.17) is 56.8 Å². The molecule has 2 aliphatic rings. The summed E-state index contributed by atoms with van der Waals surface area (Å²) in [5, 5.41) is 0. The Kier molecular flexibility index (Phi) is 15.1. The lowest BCUT2D eigenvalue weighted by Crippen LogP contribution is -2.67. The summed E-state index contributed by atoms with van der Waals surface area (Å²) < 4.78 is 67.7. The van der Waals surface area contributed by atoms with Crippen molar-refractivity contribution in [3.05, 3.63) is 24.3 Å². The molecule has 1 aromatic rings. The summed E-state index contributed by atoms with van der Waals surface area (Å²) in [5.74, 6) is -5.23. The number of methoxy groups -OCH3 is 1. The first-order valence-corrected chi connectivity index (χ1v) is 15.9. The number of ether oxygens (including phenoxy) is 12. The van der Waals surface area contributed by atoms with Gasteiger partial charge in [-0.3, -0.25) is 33.6 Å². The summed E-state index contributed by atoms with van der Waals surface area (Å²) in [6.45, 7) is 6.38. The Morgan fingerprint density at radius 2 is 0.846 bits per heavy atom. The molecule has 2 heterocycles. The van der Waals surface area contributed by atoms with Crippen LogP contribution in [0.1, 0.15) is 48.5 Å². The van der Waals surface area contributed by atoms with Gasteiger partial charge >= 0.3 is 41.8 Å². The minimum Gasteiger partial charge on any atom is -0.497 e. The summed E-state index contributed by atoms with van der Waals surface area (Å²) in [4.78, 5) is 85.7. The van der Waals surface area contributed by atoms with Gasteiger partial charge in [-0.15, -0.1) is 0 Å². The van der Waals surface area contributed by atoms with E-state index in [9.17, 15) is 33.6 Å². The van der Waals surface area contributed by atoms with Crippen LogP contribution in [0.4, 0.5) is 0 Å². The molecule has 3 rings (SSSR count). The highest BCUT2D eigenvalue weighted by atomic mass is 16.8. The maximum absolute atomic E-state index is 12.5. The molecular weight excluding hydrogens is 700 g/mol. The number of carbonyl (C=O) groups is 7. The van der Waals surface area contributed by atoms with Gasteiger partial charge in [0.1, 0.15) is 43.0 Å². The largest absolute Gasteiger partial charge is 0.497 e. The van der Waals surface area contributed by atoms with Gasteiger partial charge in [-0.2, -0.15) is 0 Å². The molecule has 0 saturated carbocycles. The summed E-state index contributed by atoms with van der Waals surface area (Å²) >= 11 is 0. The first-order chi connectivity index (χ1) is 24.5. The minimum absolute atomic E-state index is 0.186. The Morgan fingerprint density at radius 3 is 1.27 bits per heavy atom. The molecule has 0 unspecified atom stereocenters. The van der Waals surface area contributed by atoms with Crippen molar-refractivity contribution in [3.63, 3.8) is 0 Å². The van der Waals surface area contributed by atoms with Gasteiger partial charge in [-0.05, 0) is 24.3 Å². The number of hydrogen-bond donors (Lipinski definition) is 0. The molecule has 288 valence electrons. The van der Waals surface area contributed by atoms with Crippen molar-refractivity contribution in [1.82, 2.24) is 0 Å². The van der Waals surface area contributed by atoms with Crippen molar-refractivity contribution in [2.24, 2.45) is 0 Å². The third-order valence-corrected chi connectivity index (χ3v) is 7.20. The number of esters is 7. The molecule has 2 fully saturated rings. The van der Waals surface area contributed by atoms with Crippen LogP contribution >= 0.6 is 0 Å². The van der Waals surface area contributed by atoms with Crippen LogP contribution in [0.15, 0.2) is 24.3 Å². The van der Waals surface area contributed by atoms with Gasteiger partial charge in [0.25, 0.3) is 0 Å². The second kappa shape index (κ2) is 19.0. The summed E-state index contributed by atoms with van der Waals surface area (Å²) in [6.07, 6.45) is -15.8. The van der Waals surface area contributed by atoms with E-state index < -0.39 is 116 Å². The van der Waals surface area contributed by atoms with Crippen LogP contribution in [0.5, 0.6) is 11.5 Å². The Hall–Kier alpha value is -5.01. The normalized spacial score (nSPS) is 28.2. The molecule has 0 aliphatic carbocycles. The third kappa shape index (κ3) is 12.1. The third-order valence-electron chi connectivity index (χ3n) is 7.20. The van der Waals surface area contributed by atoms with Crippen molar-refractivity contribution >= 4 is 41.8 Å². The second-order valence-corrected chi connectivity index (χ2v) is 11.5. The molecule has 1 aromatic carbocycles. The minimum atomic E-state index is -1.82. The van der Waals surface area contributed by atoms with Gasteiger partial charge in [-0.25, -0.2) is 0 Å². The number of hydrogen-bond acceptors (Lipinski definition) is 19. The van der Waals surface area contributed by atoms with E-state index in [1.807, 2.05) is 0 Å². The molecule has 0 radical (unpaired) electrons. The van der Waals surface area contributed by atoms with Crippen molar-refractivity contribution in [1.29, 1.82) is 0 Å². The lowest BCUT2D eigenvalue weighted by Gasteiger charge is -2.48. The monoisotopic (exact) mass is 742 g/mol. The zero-order valence-electron chi connectivity index (χ0n) is 29.8. The van der Waals surface area contributed by atoms with E-state index in [-0.39, 0.29) is 5.75 Å². The van der Waals surface area contributed by atoms with E-state index in [1.54, 1.807) is 12.1 Å². The van der Waals surface area contributed by atoms with Crippen molar-refractivity contribution in [2.45, 2.75) is 110 Å². The molecule has 19 heteroatoms. The number of rotatable bonds is 14. The topological polar surface area (TPSA) is 230 Å². The molecular formula is C33H42O19. The van der Waals surface area contributed by atoms with Crippen molar-refractivity contribution < 1.29 is 90.4 Å². The second-order valence-electron chi connectivity index (χ2n) is 11.5. The van der Waals surface area contributed by atoms with E-state index in [2.05, 4.69) is 0 Å². The smallest absolute Gasteiger partial charge is 0.303 e. The fourth-order valence-electron chi connectivity index (χ4n) is 5.35. The molecule has 0 spiro atoms. The summed E-state index contributed by atoms with van der Waals surface area (Å²) in [7, 11) is 1.46. The quantitative estimate of drug-likeness (QED) is 0.189. The van der Waals surface area contributed by atoms with Gasteiger partial charge in [0.05, 0.1) is 7.11 Å². The van der Waals surface area contributed by atoms with E-state index >= 15 is 0 Å². The predicted molar refractivity (Wildman–Crippen MR) is 167 cm³/mol. The summed E-state index contributed by atoms with van der Waals surface area (Å²) in [6, 6.07) is 6.17. The van der Waals surface area contributed by atoms with Crippen LogP contribution in [0.2, 0.25) is 0 Å². The Labute approximate surface area is 298 Å². The van der Waals surface area contributed by atoms with Gasteiger partial charge in [0, 0.05) is 48.5 Å². The molecule has 0 bridgehead atoms. The molecule has 2 saturated heterocycles. The Bertz CT molecular complexity index is 1440. The van der Waals surface area contributed by atoms with E-state index in [0.29, 0.717) is 5.75 Å². The fourth-order valence-corrected chi connectivity index (χ4v) is 5.35. The average molecular weight is 743 g/mol. The SMILES string of the molecule is COc1ccc(O[C@@H]2O[C@H](COC(C)=O)[C@H](OC(C)=O)[C@H](O[C@H]3O[C@H](COC(C)=O)[C@H](OC(C)=O)[C@H](OC(C)=O)[C@H]3OC(C)=O)[C@H]2OC(C)=O)cc1. The van der Waals surface area contributed by atoms with Crippen LogP contribution in [-0.2, 0) is 80.9 Å². The maximum Gasteiger partial charge on any atom is 0.303 e. The predicted octanol–water partition coefficient (Wildman–Crippen LogP) is 0.694. The van der Waals surface area contributed by atoms with Crippen LogP contribution < -0.4 is 9.47 Å². The summed E-state index contributed by atoms with van der Waals surface area (Å²) in [5.41, 5.74) is 0. The number of carbonyl (C=O) groups excluding carboxylic acids is 7. The van der Waals surface area contributed by atoms with Crippen LogP contribution in [0.3, 0.4) is 0 Å². The first kappa shape index (κ1) is 41.4. The van der Waals surface area contributed by atoms with Crippen LogP contribution in [0.25, 0.3) is 0 Å². The fraction of sp³-hybridized carbons (Fsp3) is 0.606. The zero-order valence-corrected chi connectivity index (χ0v) is 29.8. The van der Waals surface area contributed by atoms with Gasteiger partial charge in [0.2, 0.25) is 6.29 Å². The zero-order chi connectivity index (χ0) is 38.7. The first-order valence-electron chi connectivity index (χ1n) is 15.9. The highest BCUT2D eigenvalue weighted by Gasteiger charge is 2.58. The van der Waals surface area contributed by atoms with E-state index in [1.165, 1.54) is 19.2 Å². The molecule has 2 aliphatic heterocycles. The highest BCUT2D eigenvalue weighted by Crippen LogP contribution is 2.36. The molecule has 52 heavy (non-hydrogen) atoms. The molecule has 0 N–H and O–H groups in total. The van der Waals surface area contributed by atoms with Crippen molar-refractivity contribution in [2.75, 3.05) is 20.3 Å². The Morgan fingerprint density at radius 1 is 0.481 bits per heavy atom. The van der Waals surface area contributed by atoms with Crippen LogP contribution in [-0.4, -0.2) is 124 Å². The van der Waals surface area contributed by atoms with Gasteiger partial charge in [-0.1, -0.05) is 0 Å². The van der Waals surface area contributed by atoms with Crippen molar-refractivity contribution in [3.8, 4) is 11.5 Å². The van der Waals surface area contributed by atoms with E-state index in [0.717, 1.165) is 48.5 Å². The molecule has 0 amide bonds. The van der Waals surface area contributed by atoms with Gasteiger partial charge in [0.15, 0.2) is 36.8 Å². The maximum atomic E-state index is 12.5. The lowest BCUT2D eigenvalue weighted by molar-refractivity contribution is -0.355. The highest BCUT2D eigenvalue weighted by molar-refractivity contribution is 5.69. The number of benzene rings is 1. The standard InChI is InChI=1S/C33H42O19/c1-15(34)42-13-24-26(44-17(3)36)28(46-19(5)38)30(47-20(6)39)33(51-24)52-29-27(45-18(4)37)25(14-43-16(2)35)50-32(31(29)48-21(7)40)49-23-11-9-22(41-8)10-12-23/h9-12,24-33H,13-14H2,1-8H3/t24-,25-,26+,27+,28+,29+,30-,31-,32-,33-/m1/s1. The Balaban J connectivity index is 2.20. The average Bonchev–Trinajstić information content (AvgIpc) is 3.03. The van der Waals surface area contributed by atoms with Gasteiger partial charge < -0.3 is 56.8 Å².